The lowest BCUT2D eigenvalue weighted by Gasteiger charge is -2.03. The molecule has 0 unspecified atom stereocenters. The van der Waals surface area contributed by atoms with E-state index in [1.54, 1.807) is 6.92 Å². The Morgan fingerprint density at radius 2 is 1.44 bits per heavy atom. The van der Waals surface area contributed by atoms with Crippen molar-refractivity contribution in [3.63, 3.8) is 0 Å². The van der Waals surface area contributed by atoms with Crippen molar-refractivity contribution in [3.05, 3.63) is 0 Å². The molecule has 6 nitrogen and oxygen atoms in total. The van der Waals surface area contributed by atoms with Crippen molar-refractivity contribution >= 4 is 11.4 Å². The molecule has 0 rings (SSSR count). The maximum Gasteiger partial charge on any atom is 0.0402 e. The van der Waals surface area contributed by atoms with Crippen molar-refractivity contribution in [3.8, 4) is 0 Å². The molecule has 0 fully saturated rings. The maximum absolute atomic E-state index is 8.44. The Bertz CT molecular complexity index is 47.8. The van der Waals surface area contributed by atoms with E-state index in [-0.39, 0.29) is 18.9 Å². The molecule has 0 saturated carbocycles. The third-order valence-electron chi connectivity index (χ3n) is 0. The van der Waals surface area contributed by atoms with Gasteiger partial charge in [-0.05, 0) is 6.92 Å². The van der Waals surface area contributed by atoms with Gasteiger partial charge in [-0.2, -0.15) is 0 Å². The standard InChI is InChI=1S/C2H6O.2H3N.H2O3S/c1-2-3;;;1-4(2)3/h3H,2H2,1H3;2*1H3;(H2,1,2,3). The smallest absolute Gasteiger partial charge is 0.0402 e. The number of rotatable bonds is 0. The second kappa shape index (κ2) is 24.6. The highest BCUT2D eigenvalue weighted by atomic mass is 32.2. The van der Waals surface area contributed by atoms with Crippen molar-refractivity contribution in [2.75, 3.05) is 6.61 Å². The highest BCUT2D eigenvalue weighted by Crippen LogP contribution is 1.42. The third kappa shape index (κ3) is 113000. The number of hydrogen-bond acceptors (Lipinski definition) is 4. The zero-order chi connectivity index (χ0) is 6.28. The van der Waals surface area contributed by atoms with Crippen LogP contribution in [0.5, 0.6) is 0 Å². The van der Waals surface area contributed by atoms with Gasteiger partial charge in [0.15, 0.2) is 0 Å². The molecule has 0 radical (unpaired) electrons. The summed E-state index contributed by atoms with van der Waals surface area (Å²) in [5.74, 6) is 0. The highest BCUT2D eigenvalue weighted by molar-refractivity contribution is 7.72. The zero-order valence-corrected chi connectivity index (χ0v) is 6.60. The van der Waals surface area contributed by atoms with Crippen LogP contribution in [-0.2, 0) is 11.4 Å². The molecule has 0 aromatic carbocycles. The van der Waals surface area contributed by atoms with E-state index in [1.165, 1.54) is 0 Å². The molecule has 7 heteroatoms. The molecule has 0 aromatic rings. The fraction of sp³-hybridized carbons (Fsp3) is 1.00. The minimum absolute atomic E-state index is 0. The van der Waals surface area contributed by atoms with Gasteiger partial charge in [-0.1, -0.05) is 0 Å². The predicted octanol–water partition coefficient (Wildman–Crippen LogP) is -0.253. The summed E-state index contributed by atoms with van der Waals surface area (Å²) in [7, 11) is 0. The molecular formula is C2H14N2O4S. The summed E-state index contributed by atoms with van der Waals surface area (Å²) >= 11 is -3.11. The Balaban J connectivity index is -0.0000000233. The minimum atomic E-state index is -3.11. The Kier molecular flexibility index (Phi) is 63.1. The van der Waals surface area contributed by atoms with E-state index in [9.17, 15) is 0 Å². The van der Waals surface area contributed by atoms with E-state index in [0.29, 0.717) is 0 Å². The van der Waals surface area contributed by atoms with Crippen molar-refractivity contribution in [1.82, 2.24) is 12.3 Å². The highest BCUT2D eigenvalue weighted by Gasteiger charge is 1.34. The first kappa shape index (κ1) is 23.1. The lowest BCUT2D eigenvalue weighted by molar-refractivity contribution is 0.318. The Hall–Kier alpha value is -0.0500. The summed E-state index contributed by atoms with van der Waals surface area (Å²) in [6.45, 7) is 1.93. The lowest BCUT2D eigenvalue weighted by atomic mass is 10.9. The first-order valence-corrected chi connectivity index (χ1v) is 2.52. The van der Waals surface area contributed by atoms with Crippen molar-refractivity contribution < 1.29 is 18.4 Å². The van der Waals surface area contributed by atoms with Crippen LogP contribution in [0, 0.1) is 0 Å². The van der Waals surface area contributed by atoms with E-state index in [2.05, 4.69) is 0 Å². The monoisotopic (exact) mass is 162 g/mol. The van der Waals surface area contributed by atoms with Gasteiger partial charge in [0, 0.05) is 6.61 Å². The van der Waals surface area contributed by atoms with Crippen LogP contribution in [0.3, 0.4) is 0 Å². The quantitative estimate of drug-likeness (QED) is 0.419. The van der Waals surface area contributed by atoms with Gasteiger partial charge in [0.2, 0.25) is 0 Å². The topological polar surface area (TPSA) is 156 Å². The Labute approximate surface area is 56.6 Å². The van der Waals surface area contributed by atoms with Gasteiger partial charge in [-0.15, -0.1) is 11.4 Å². The van der Waals surface area contributed by atoms with E-state index in [4.69, 9.17) is 18.4 Å². The van der Waals surface area contributed by atoms with Crippen molar-refractivity contribution in [2.24, 2.45) is 0 Å². The maximum atomic E-state index is 8.44. The molecular weight excluding hydrogens is 148 g/mol. The fourth-order valence-electron chi connectivity index (χ4n) is 0. The van der Waals surface area contributed by atoms with Crippen molar-refractivity contribution in [2.45, 2.75) is 6.92 Å². The lowest BCUT2D eigenvalue weighted by Crippen LogP contribution is -1.76. The second-order valence-corrected chi connectivity index (χ2v) is 0.929. The molecule has 0 spiro atoms. The largest absolute Gasteiger partial charge is 0.784 e. The number of hydrogen-bond donors (Lipinski definition) is 3. The van der Waals surface area contributed by atoms with E-state index >= 15 is 0 Å². The van der Waals surface area contributed by atoms with Crippen LogP contribution in [0.15, 0.2) is 0 Å². The molecule has 62 valence electrons. The zero-order valence-electron chi connectivity index (χ0n) is 5.79. The van der Waals surface area contributed by atoms with E-state index in [0.717, 1.165) is 0 Å². The Morgan fingerprint density at radius 3 is 1.44 bits per heavy atom. The molecule has 0 heterocycles. The molecule has 0 aliphatic carbocycles. The van der Waals surface area contributed by atoms with Gasteiger partial charge in [0.05, 0.1) is 0 Å². The molecule has 9 N–H and O–H groups in total. The normalized spacial score (nSPS) is 5.89. The summed E-state index contributed by atoms with van der Waals surface area (Å²) in [6.07, 6.45) is 0. The molecule has 0 atom stereocenters. The molecule has 0 aliphatic rings. The number of quaternary nitrogens is 2. The van der Waals surface area contributed by atoms with E-state index in [1.807, 2.05) is 0 Å². The summed E-state index contributed by atoms with van der Waals surface area (Å²) in [5, 5.41) is 7.57. The minimum Gasteiger partial charge on any atom is -0.784 e. The average Bonchev–Trinajstić information content (AvgIpc) is 1.33. The van der Waals surface area contributed by atoms with Crippen LogP contribution < -0.4 is 12.3 Å². The van der Waals surface area contributed by atoms with Crippen LogP contribution in [0.2, 0.25) is 0 Å². The van der Waals surface area contributed by atoms with E-state index < -0.39 is 11.4 Å². The third-order valence-corrected chi connectivity index (χ3v) is 0. The molecule has 0 bridgehead atoms. The van der Waals surface area contributed by atoms with Crippen LogP contribution in [0.25, 0.3) is 0 Å². The molecule has 0 amide bonds. The first-order chi connectivity index (χ1) is 3.15. The second-order valence-electron chi connectivity index (χ2n) is 0.520. The molecule has 0 saturated heterocycles. The van der Waals surface area contributed by atoms with Gasteiger partial charge in [-0.3, -0.25) is 4.21 Å². The SMILES string of the molecule is CCO.O=S([O-])[O-].[NH4+].[NH4+]. The van der Waals surface area contributed by atoms with Crippen LogP contribution in [-0.4, -0.2) is 25.0 Å². The van der Waals surface area contributed by atoms with Crippen LogP contribution >= 0.6 is 0 Å². The van der Waals surface area contributed by atoms with Crippen LogP contribution in [0.1, 0.15) is 6.92 Å². The van der Waals surface area contributed by atoms with Gasteiger partial charge in [0.25, 0.3) is 0 Å². The summed E-state index contributed by atoms with van der Waals surface area (Å²) in [4.78, 5) is 0. The fourth-order valence-corrected chi connectivity index (χ4v) is 0. The van der Waals surface area contributed by atoms with Gasteiger partial charge >= 0.3 is 0 Å². The summed E-state index contributed by atoms with van der Waals surface area (Å²) in [6, 6.07) is 0. The van der Waals surface area contributed by atoms with Gasteiger partial charge in [-0.25, -0.2) is 0 Å². The van der Waals surface area contributed by atoms with Gasteiger partial charge in [0.1, 0.15) is 0 Å². The number of aliphatic hydroxyl groups is 1. The first-order valence-electron chi connectivity index (χ1n) is 1.52. The predicted molar refractivity (Wildman–Crippen MR) is 34.4 cm³/mol. The van der Waals surface area contributed by atoms with Crippen molar-refractivity contribution in [1.29, 1.82) is 0 Å². The molecule has 0 aliphatic heterocycles. The number of aliphatic hydroxyl groups excluding tert-OH is 1. The molecule has 9 heavy (non-hydrogen) atoms. The van der Waals surface area contributed by atoms with Crippen LogP contribution in [0.4, 0.5) is 0 Å². The average molecular weight is 162 g/mol. The Morgan fingerprint density at radius 1 is 1.44 bits per heavy atom. The van der Waals surface area contributed by atoms with Gasteiger partial charge < -0.3 is 26.5 Å². The summed E-state index contributed by atoms with van der Waals surface area (Å²) < 4.78 is 25.3. The molecule has 0 aromatic heterocycles. The summed E-state index contributed by atoms with van der Waals surface area (Å²) in [5.41, 5.74) is 0.